The Balaban J connectivity index is 1.41. The summed E-state index contributed by atoms with van der Waals surface area (Å²) in [4.78, 5) is 12.1. The Morgan fingerprint density at radius 1 is 1.20 bits per heavy atom. The van der Waals surface area contributed by atoms with E-state index >= 15 is 0 Å². The number of ether oxygens (including phenoxy) is 1. The molecule has 0 radical (unpaired) electrons. The zero-order chi connectivity index (χ0) is 17.5. The van der Waals surface area contributed by atoms with E-state index in [1.807, 2.05) is 24.3 Å². The fourth-order valence-electron chi connectivity index (χ4n) is 3.21. The van der Waals surface area contributed by atoms with Gasteiger partial charge in [-0.1, -0.05) is 32.1 Å². The molecule has 1 N–H and O–H groups in total. The van der Waals surface area contributed by atoms with Crippen molar-refractivity contribution in [3.05, 3.63) is 36.0 Å². The van der Waals surface area contributed by atoms with E-state index in [9.17, 15) is 4.79 Å². The first-order valence-corrected chi connectivity index (χ1v) is 9.01. The Hall–Kier alpha value is -2.37. The number of aryl methyl sites for hydroxylation is 1. The van der Waals surface area contributed by atoms with Crippen LogP contribution in [0.5, 0.6) is 5.75 Å². The summed E-state index contributed by atoms with van der Waals surface area (Å²) in [7, 11) is 0. The van der Waals surface area contributed by atoms with Gasteiger partial charge in [0.15, 0.2) is 6.61 Å². The van der Waals surface area contributed by atoms with Crippen LogP contribution in [0, 0.1) is 12.8 Å². The molecule has 1 amide bonds. The number of hydrogen-bond acceptors (Lipinski definition) is 5. The minimum atomic E-state index is 0.0839. The summed E-state index contributed by atoms with van der Waals surface area (Å²) in [6.07, 6.45) is 8.13. The first-order valence-electron chi connectivity index (χ1n) is 9.01. The number of amides is 1. The van der Waals surface area contributed by atoms with Crippen LogP contribution >= 0.6 is 0 Å². The van der Waals surface area contributed by atoms with E-state index in [4.69, 9.17) is 9.15 Å². The summed E-state index contributed by atoms with van der Waals surface area (Å²) in [6, 6.07) is 7.32. The smallest absolute Gasteiger partial charge is 0.253 e. The fourth-order valence-corrected chi connectivity index (χ4v) is 3.21. The second-order valence-electron chi connectivity index (χ2n) is 6.62. The largest absolute Gasteiger partial charge is 0.484 e. The van der Waals surface area contributed by atoms with E-state index in [1.54, 1.807) is 6.92 Å². The monoisotopic (exact) mass is 343 g/mol. The summed E-state index contributed by atoms with van der Waals surface area (Å²) in [5.41, 5.74) is 0.787. The normalized spacial score (nSPS) is 15.1. The quantitative estimate of drug-likeness (QED) is 0.813. The molecular weight excluding hydrogens is 318 g/mol. The highest BCUT2D eigenvalue weighted by Crippen LogP contribution is 2.27. The number of carbonyl (C=O) groups excluding carboxylic acids is 1. The Labute approximate surface area is 148 Å². The van der Waals surface area contributed by atoms with Crippen LogP contribution in [0.15, 0.2) is 28.7 Å². The topological polar surface area (TPSA) is 77.3 Å². The summed E-state index contributed by atoms with van der Waals surface area (Å²) >= 11 is 0. The lowest BCUT2D eigenvalue weighted by Gasteiger charge is -2.21. The predicted octanol–water partition coefficient (Wildman–Crippen LogP) is 4.26. The highest BCUT2D eigenvalue weighted by atomic mass is 16.5. The van der Waals surface area contributed by atoms with E-state index in [2.05, 4.69) is 15.5 Å². The molecule has 0 spiro atoms. The number of nitrogens with zero attached hydrogens (tertiary/aromatic N) is 2. The number of nitrogens with one attached hydrogen (secondary N) is 1. The molecule has 1 saturated carbocycles. The van der Waals surface area contributed by atoms with Crippen LogP contribution in [0.3, 0.4) is 0 Å². The van der Waals surface area contributed by atoms with Crippen LogP contribution in [0.2, 0.25) is 0 Å². The fraction of sp³-hybridized carbons (Fsp3) is 0.526. The maximum Gasteiger partial charge on any atom is 0.253 e. The van der Waals surface area contributed by atoms with Crippen LogP contribution < -0.4 is 10.1 Å². The molecule has 2 aromatic rings. The van der Waals surface area contributed by atoms with Gasteiger partial charge < -0.3 is 14.5 Å². The molecule has 1 aromatic carbocycles. The van der Waals surface area contributed by atoms with Gasteiger partial charge in [-0.25, -0.2) is 0 Å². The highest BCUT2D eigenvalue weighted by Gasteiger charge is 2.14. The van der Waals surface area contributed by atoms with Crippen LogP contribution in [0.4, 0.5) is 5.69 Å². The summed E-state index contributed by atoms with van der Waals surface area (Å²) in [6.45, 7) is 1.97. The number of anilines is 1. The molecule has 1 aromatic heterocycles. The maximum atomic E-state index is 12.1. The van der Waals surface area contributed by atoms with Crippen molar-refractivity contribution in [1.29, 1.82) is 0 Å². The highest BCUT2D eigenvalue weighted by molar-refractivity contribution is 5.90. The van der Waals surface area contributed by atoms with Gasteiger partial charge in [0.25, 0.3) is 5.89 Å². The lowest BCUT2D eigenvalue weighted by Crippen LogP contribution is -2.14. The van der Waals surface area contributed by atoms with E-state index < -0.39 is 0 Å². The third-order valence-electron chi connectivity index (χ3n) is 4.57. The predicted molar refractivity (Wildman–Crippen MR) is 94.2 cm³/mol. The average molecular weight is 343 g/mol. The van der Waals surface area contributed by atoms with Crippen molar-refractivity contribution >= 4 is 11.6 Å². The van der Waals surface area contributed by atoms with Crippen molar-refractivity contribution in [3.8, 4) is 5.75 Å². The van der Waals surface area contributed by atoms with E-state index in [-0.39, 0.29) is 12.5 Å². The Bertz CT molecular complexity index is 675. The van der Waals surface area contributed by atoms with Crippen LogP contribution in [0.25, 0.3) is 0 Å². The van der Waals surface area contributed by atoms with Crippen molar-refractivity contribution in [2.75, 3.05) is 5.32 Å². The van der Waals surface area contributed by atoms with Gasteiger partial charge in [-0.05, 0) is 36.6 Å². The van der Waals surface area contributed by atoms with Crippen LogP contribution in [-0.2, 0) is 11.4 Å². The van der Waals surface area contributed by atoms with E-state index in [1.165, 1.54) is 32.1 Å². The lowest BCUT2D eigenvalue weighted by atomic mass is 9.86. The Morgan fingerprint density at radius 2 is 1.96 bits per heavy atom. The van der Waals surface area contributed by atoms with Gasteiger partial charge in [-0.15, -0.1) is 10.2 Å². The molecule has 1 aliphatic carbocycles. The molecule has 1 heterocycles. The van der Waals surface area contributed by atoms with Gasteiger partial charge in [-0.3, -0.25) is 4.79 Å². The molecule has 6 nitrogen and oxygen atoms in total. The van der Waals surface area contributed by atoms with E-state index in [0.29, 0.717) is 24.0 Å². The molecule has 0 aliphatic heterocycles. The summed E-state index contributed by atoms with van der Waals surface area (Å²) < 4.78 is 10.8. The summed E-state index contributed by atoms with van der Waals surface area (Å²) in [5, 5.41) is 10.6. The van der Waals surface area contributed by atoms with Gasteiger partial charge in [0.1, 0.15) is 5.75 Å². The third kappa shape index (κ3) is 5.59. The van der Waals surface area contributed by atoms with Crippen LogP contribution in [-0.4, -0.2) is 16.1 Å². The van der Waals surface area contributed by atoms with Gasteiger partial charge in [0.05, 0.1) is 0 Å². The molecule has 0 unspecified atom stereocenters. The lowest BCUT2D eigenvalue weighted by molar-refractivity contribution is -0.116. The first-order chi connectivity index (χ1) is 12.2. The maximum absolute atomic E-state index is 12.1. The van der Waals surface area contributed by atoms with Gasteiger partial charge in [0, 0.05) is 19.0 Å². The SMILES string of the molecule is Cc1nnc(COc2ccc(NC(=O)CCC3CCCCC3)cc2)o1. The van der Waals surface area contributed by atoms with Crippen LogP contribution in [0.1, 0.15) is 56.7 Å². The molecular formula is C19H25N3O3. The second kappa shape index (κ2) is 8.65. The van der Waals surface area contributed by atoms with Crippen molar-refractivity contribution in [1.82, 2.24) is 10.2 Å². The number of carbonyl (C=O) groups is 1. The van der Waals surface area contributed by atoms with Crippen molar-refractivity contribution in [2.24, 2.45) is 5.92 Å². The number of benzene rings is 1. The Morgan fingerprint density at radius 3 is 2.64 bits per heavy atom. The third-order valence-corrected chi connectivity index (χ3v) is 4.57. The van der Waals surface area contributed by atoms with Gasteiger partial charge in [-0.2, -0.15) is 0 Å². The van der Waals surface area contributed by atoms with Gasteiger partial charge in [0.2, 0.25) is 11.8 Å². The molecule has 6 heteroatoms. The first kappa shape index (κ1) is 17.5. The molecule has 3 rings (SSSR count). The zero-order valence-electron chi connectivity index (χ0n) is 14.7. The molecule has 1 aliphatic rings. The molecule has 25 heavy (non-hydrogen) atoms. The van der Waals surface area contributed by atoms with Crippen molar-refractivity contribution in [3.63, 3.8) is 0 Å². The minimum absolute atomic E-state index is 0.0839. The molecule has 1 fully saturated rings. The van der Waals surface area contributed by atoms with Gasteiger partial charge >= 0.3 is 0 Å². The van der Waals surface area contributed by atoms with Crippen molar-refractivity contribution in [2.45, 2.75) is 58.5 Å². The number of rotatable bonds is 7. The molecule has 0 saturated heterocycles. The minimum Gasteiger partial charge on any atom is -0.484 e. The van der Waals surface area contributed by atoms with Crippen molar-refractivity contribution < 1.29 is 13.9 Å². The second-order valence-corrected chi connectivity index (χ2v) is 6.62. The summed E-state index contributed by atoms with van der Waals surface area (Å²) in [5.74, 6) is 2.46. The standard InChI is InChI=1S/C19H25N3O3/c1-14-21-22-19(25-14)13-24-17-10-8-16(9-11-17)20-18(23)12-7-15-5-3-2-4-6-15/h8-11,15H,2-7,12-13H2,1H3,(H,20,23). The zero-order valence-corrected chi connectivity index (χ0v) is 14.7. The molecule has 134 valence electrons. The Kier molecular flexibility index (Phi) is 6.04. The van der Waals surface area contributed by atoms with E-state index in [0.717, 1.165) is 18.0 Å². The average Bonchev–Trinajstić information content (AvgIpc) is 3.06. The molecule has 0 bridgehead atoms. The number of hydrogen-bond donors (Lipinski definition) is 1. The molecule has 0 atom stereocenters. The number of aromatic nitrogens is 2.